The molecule has 1 unspecified atom stereocenters. The fourth-order valence-electron chi connectivity index (χ4n) is 4.23. The lowest BCUT2D eigenvalue weighted by molar-refractivity contribution is 0.0745. The number of hydrogen-bond donors (Lipinski definition) is 1. The maximum Gasteiger partial charge on any atom is 0.264 e. The zero-order valence-electron chi connectivity index (χ0n) is 19.1. The summed E-state index contributed by atoms with van der Waals surface area (Å²) >= 11 is 1.40. The van der Waals surface area contributed by atoms with E-state index in [1.807, 2.05) is 42.2 Å². The Labute approximate surface area is 199 Å². The Balaban J connectivity index is 1.58. The van der Waals surface area contributed by atoms with Crippen LogP contribution < -0.4 is 5.32 Å². The van der Waals surface area contributed by atoms with Crippen LogP contribution in [0.15, 0.2) is 36.7 Å². The molecule has 0 aliphatic carbocycles. The predicted molar refractivity (Wildman–Crippen MR) is 133 cm³/mol. The molecule has 1 fully saturated rings. The molecule has 1 aliphatic heterocycles. The van der Waals surface area contributed by atoms with Crippen LogP contribution in [0.4, 0.5) is 5.82 Å². The molecule has 0 spiro atoms. The number of carbonyl (C=O) groups excluding carboxylic acids is 1. The molecule has 4 rings (SSSR count). The first-order valence-electron chi connectivity index (χ1n) is 11.4. The van der Waals surface area contributed by atoms with Crippen molar-refractivity contribution in [2.24, 2.45) is 5.92 Å². The number of rotatable bonds is 9. The van der Waals surface area contributed by atoms with Crippen molar-refractivity contribution in [3.63, 3.8) is 0 Å². The maximum atomic E-state index is 13.6. The molecule has 33 heavy (non-hydrogen) atoms. The molecule has 3 heterocycles. The lowest BCUT2D eigenvalue weighted by atomic mass is 10.1. The average molecular weight is 487 g/mol. The first kappa shape index (κ1) is 23.6. The number of hydrogen-bond acceptors (Lipinski definition) is 7. The van der Waals surface area contributed by atoms with Crippen LogP contribution in [0.3, 0.4) is 0 Å². The summed E-state index contributed by atoms with van der Waals surface area (Å²) in [5.41, 5.74) is 1.98. The van der Waals surface area contributed by atoms with Crippen LogP contribution in [-0.2, 0) is 16.4 Å². The Bertz CT molecular complexity index is 1230. The van der Waals surface area contributed by atoms with Gasteiger partial charge in [0, 0.05) is 19.6 Å². The van der Waals surface area contributed by atoms with Gasteiger partial charge in [0.1, 0.15) is 17.0 Å². The third-order valence-corrected chi connectivity index (χ3v) is 9.12. The number of nitrogens with one attached hydrogen (secondary N) is 1. The minimum absolute atomic E-state index is 0.0145. The summed E-state index contributed by atoms with van der Waals surface area (Å²) in [6.07, 6.45) is 4.13. The van der Waals surface area contributed by atoms with Gasteiger partial charge in [0.05, 0.1) is 21.8 Å². The summed E-state index contributed by atoms with van der Waals surface area (Å²) in [5, 5.41) is 4.18. The number of carbonyl (C=O) groups is 1. The van der Waals surface area contributed by atoms with Crippen LogP contribution in [0.25, 0.3) is 10.2 Å². The molecular weight excluding hydrogens is 456 g/mol. The number of nitrogens with zero attached hydrogens (tertiary/aromatic N) is 3. The van der Waals surface area contributed by atoms with Gasteiger partial charge in [-0.25, -0.2) is 18.4 Å². The number of fused-ring (bicyclic) bond motifs is 1. The van der Waals surface area contributed by atoms with Crippen LogP contribution >= 0.6 is 11.3 Å². The van der Waals surface area contributed by atoms with Crippen molar-refractivity contribution in [3.05, 3.63) is 52.7 Å². The monoisotopic (exact) mass is 486 g/mol. The number of benzene rings is 1. The van der Waals surface area contributed by atoms with E-state index in [4.69, 9.17) is 0 Å². The molecule has 1 aromatic carbocycles. The summed E-state index contributed by atoms with van der Waals surface area (Å²) in [6, 6.07) is 10.0. The van der Waals surface area contributed by atoms with Gasteiger partial charge in [0.2, 0.25) is 0 Å². The van der Waals surface area contributed by atoms with Gasteiger partial charge < -0.3 is 10.2 Å². The Morgan fingerprint density at radius 3 is 2.73 bits per heavy atom. The fourth-order valence-corrected chi connectivity index (χ4v) is 7.21. The largest absolute Gasteiger partial charge is 0.369 e. The summed E-state index contributed by atoms with van der Waals surface area (Å²) < 4.78 is 23.5. The van der Waals surface area contributed by atoms with Crippen molar-refractivity contribution in [1.82, 2.24) is 14.9 Å². The van der Waals surface area contributed by atoms with E-state index in [2.05, 4.69) is 22.2 Å². The molecule has 7 nitrogen and oxygen atoms in total. The molecule has 2 aromatic heterocycles. The number of unbranched alkanes of at least 4 members (excludes halogenated alkanes) is 1. The van der Waals surface area contributed by atoms with Crippen LogP contribution in [0.1, 0.15) is 47.0 Å². The van der Waals surface area contributed by atoms with Crippen molar-refractivity contribution in [2.45, 2.75) is 39.7 Å². The molecule has 0 bridgehead atoms. The van der Waals surface area contributed by atoms with Crippen molar-refractivity contribution < 1.29 is 13.2 Å². The van der Waals surface area contributed by atoms with E-state index in [1.165, 1.54) is 17.7 Å². The van der Waals surface area contributed by atoms with E-state index in [0.717, 1.165) is 34.2 Å². The number of aryl methyl sites for hydroxylation is 1. The molecule has 9 heteroatoms. The number of aromatic nitrogens is 2. The first-order valence-corrected chi connectivity index (χ1v) is 14.0. The Kier molecular flexibility index (Phi) is 7.29. The van der Waals surface area contributed by atoms with Gasteiger partial charge in [0.25, 0.3) is 5.91 Å². The van der Waals surface area contributed by atoms with E-state index in [9.17, 15) is 13.2 Å². The SMILES string of the molecule is CCCCN(Cc1ccccc1)C(=O)c1sc2ncnc(NCC3CCS(=O)(=O)C3)c2c1C. The van der Waals surface area contributed by atoms with Gasteiger partial charge in [0.15, 0.2) is 9.84 Å². The van der Waals surface area contributed by atoms with Crippen molar-refractivity contribution in [2.75, 3.05) is 29.9 Å². The highest BCUT2D eigenvalue weighted by molar-refractivity contribution is 7.91. The Morgan fingerprint density at radius 1 is 1.24 bits per heavy atom. The molecule has 1 amide bonds. The van der Waals surface area contributed by atoms with Gasteiger partial charge >= 0.3 is 0 Å². The Morgan fingerprint density at radius 2 is 2.03 bits per heavy atom. The lowest BCUT2D eigenvalue weighted by Crippen LogP contribution is -2.31. The molecule has 1 saturated heterocycles. The quantitative estimate of drug-likeness (QED) is 0.485. The van der Waals surface area contributed by atoms with Crippen molar-refractivity contribution in [3.8, 4) is 0 Å². The van der Waals surface area contributed by atoms with Gasteiger partial charge in [-0.2, -0.15) is 0 Å². The van der Waals surface area contributed by atoms with E-state index in [0.29, 0.717) is 36.8 Å². The third kappa shape index (κ3) is 5.52. The summed E-state index contributed by atoms with van der Waals surface area (Å²) in [5.74, 6) is 1.23. The molecule has 0 radical (unpaired) electrons. The highest BCUT2D eigenvalue weighted by Crippen LogP contribution is 2.34. The smallest absolute Gasteiger partial charge is 0.264 e. The van der Waals surface area contributed by atoms with E-state index < -0.39 is 9.84 Å². The van der Waals surface area contributed by atoms with Crippen LogP contribution in [-0.4, -0.2) is 53.8 Å². The highest BCUT2D eigenvalue weighted by Gasteiger charge is 2.28. The summed E-state index contributed by atoms with van der Waals surface area (Å²) in [7, 11) is -2.92. The fraction of sp³-hybridized carbons (Fsp3) is 0.458. The van der Waals surface area contributed by atoms with E-state index in [1.54, 1.807) is 0 Å². The molecule has 3 aromatic rings. The average Bonchev–Trinajstić information content (AvgIpc) is 3.34. The lowest BCUT2D eigenvalue weighted by Gasteiger charge is -2.22. The molecular formula is C24H30N4O3S2. The minimum atomic E-state index is -2.92. The second-order valence-corrected chi connectivity index (χ2v) is 11.9. The highest BCUT2D eigenvalue weighted by atomic mass is 32.2. The Hall–Kier alpha value is -2.52. The van der Waals surface area contributed by atoms with Gasteiger partial charge in [-0.05, 0) is 36.8 Å². The first-order chi connectivity index (χ1) is 15.9. The maximum absolute atomic E-state index is 13.6. The normalized spacial score (nSPS) is 17.3. The summed E-state index contributed by atoms with van der Waals surface area (Å²) in [4.78, 5) is 25.8. The molecule has 1 aliphatic rings. The van der Waals surface area contributed by atoms with Gasteiger partial charge in [-0.1, -0.05) is 43.7 Å². The topological polar surface area (TPSA) is 92.3 Å². The number of sulfone groups is 1. The second-order valence-electron chi connectivity index (χ2n) is 8.67. The van der Waals surface area contributed by atoms with Gasteiger partial charge in [-0.15, -0.1) is 11.3 Å². The number of amides is 1. The van der Waals surface area contributed by atoms with Crippen LogP contribution in [0.5, 0.6) is 0 Å². The van der Waals surface area contributed by atoms with Crippen LogP contribution in [0, 0.1) is 12.8 Å². The van der Waals surface area contributed by atoms with E-state index in [-0.39, 0.29) is 23.3 Å². The number of thiophene rings is 1. The van der Waals surface area contributed by atoms with Crippen molar-refractivity contribution in [1.29, 1.82) is 0 Å². The zero-order chi connectivity index (χ0) is 23.4. The molecule has 176 valence electrons. The minimum Gasteiger partial charge on any atom is -0.369 e. The molecule has 1 N–H and O–H groups in total. The third-order valence-electron chi connectivity index (χ3n) is 6.09. The molecule has 0 saturated carbocycles. The van der Waals surface area contributed by atoms with Gasteiger partial charge in [-0.3, -0.25) is 4.79 Å². The van der Waals surface area contributed by atoms with E-state index >= 15 is 0 Å². The summed E-state index contributed by atoms with van der Waals surface area (Å²) in [6.45, 7) is 5.88. The standard InChI is InChI=1S/C24H30N4O3S2/c1-3-4-11-28(14-18-8-6-5-7-9-18)24(29)21-17(2)20-22(26-16-27-23(20)32-21)25-13-19-10-12-33(30,31)15-19/h5-9,16,19H,3-4,10-15H2,1-2H3,(H,25,26,27). The van der Waals surface area contributed by atoms with Crippen molar-refractivity contribution >= 4 is 43.1 Å². The van der Waals surface area contributed by atoms with Crippen LogP contribution in [0.2, 0.25) is 0 Å². The predicted octanol–water partition coefficient (Wildman–Crippen LogP) is 4.29. The number of anilines is 1. The zero-order valence-corrected chi connectivity index (χ0v) is 20.7. The molecule has 1 atom stereocenters. The second kappa shape index (κ2) is 10.2.